The van der Waals surface area contributed by atoms with Gasteiger partial charge in [-0.1, -0.05) is 26.0 Å². The third-order valence-electron chi connectivity index (χ3n) is 5.56. The molecule has 0 amide bonds. The van der Waals surface area contributed by atoms with Gasteiger partial charge in [0, 0.05) is 41.3 Å². The molecule has 3 rings (SSSR count). The number of Topliss-reactive ketones (excluding diaryl/α,β-unsaturated/α-hetero) is 1. The first-order chi connectivity index (χ1) is 13.8. The number of ketones is 1. The van der Waals surface area contributed by atoms with E-state index in [0.717, 1.165) is 22.6 Å². The molecule has 0 bridgehead atoms. The molecule has 1 aromatic rings. The Labute approximate surface area is 177 Å². The number of allylic oxidation sites excluding steroid dienone is 2. The van der Waals surface area contributed by atoms with Crippen LogP contribution in [0.1, 0.15) is 45.1 Å². The topological polar surface area (TPSA) is 65.0 Å². The van der Waals surface area contributed by atoms with Crippen LogP contribution in [0, 0.1) is 11.3 Å². The maximum absolute atomic E-state index is 13.2. The molecule has 1 unspecified atom stereocenters. The van der Waals surface area contributed by atoms with Gasteiger partial charge in [0.2, 0.25) is 0 Å². The standard InChI is InChI=1S/C23H29NO4S/c1-14-19(22(26)28-11-10-27-4)20(15-6-8-16(29-5)9-7-15)21-17(24-14)12-23(2,3)13-18(21)25/h6-9,19-20H,10-13H2,1-5H3/t19?,20-/m0/s1. The molecule has 0 radical (unpaired) electrons. The Morgan fingerprint density at radius 2 is 1.90 bits per heavy atom. The van der Waals surface area contributed by atoms with E-state index in [1.165, 1.54) is 0 Å². The molecule has 1 aliphatic heterocycles. The number of benzene rings is 1. The molecule has 0 spiro atoms. The Hall–Kier alpha value is -1.92. The second-order valence-corrected chi connectivity index (χ2v) is 9.32. The van der Waals surface area contributed by atoms with Crippen LogP contribution in [0.2, 0.25) is 0 Å². The van der Waals surface area contributed by atoms with Gasteiger partial charge in [0.05, 0.1) is 6.61 Å². The monoisotopic (exact) mass is 415 g/mol. The van der Waals surface area contributed by atoms with Crippen LogP contribution in [0.4, 0.5) is 0 Å². The number of methoxy groups -OCH3 is 1. The normalized spacial score (nSPS) is 23.5. The predicted molar refractivity (Wildman–Crippen MR) is 115 cm³/mol. The molecule has 0 saturated heterocycles. The summed E-state index contributed by atoms with van der Waals surface area (Å²) < 4.78 is 10.5. The molecule has 29 heavy (non-hydrogen) atoms. The van der Waals surface area contributed by atoms with Crippen molar-refractivity contribution in [3.63, 3.8) is 0 Å². The smallest absolute Gasteiger partial charge is 0.315 e. The second-order valence-electron chi connectivity index (χ2n) is 8.44. The lowest BCUT2D eigenvalue weighted by Crippen LogP contribution is -2.39. The highest BCUT2D eigenvalue weighted by atomic mass is 32.2. The average molecular weight is 416 g/mol. The molecule has 0 fully saturated rings. The summed E-state index contributed by atoms with van der Waals surface area (Å²) in [5.41, 5.74) is 3.03. The van der Waals surface area contributed by atoms with Gasteiger partial charge in [0.1, 0.15) is 12.5 Å². The number of esters is 1. The van der Waals surface area contributed by atoms with Crippen molar-refractivity contribution >= 4 is 29.2 Å². The van der Waals surface area contributed by atoms with E-state index in [2.05, 4.69) is 13.8 Å². The van der Waals surface area contributed by atoms with Gasteiger partial charge in [-0.15, -0.1) is 11.8 Å². The lowest BCUT2D eigenvalue weighted by atomic mass is 9.67. The van der Waals surface area contributed by atoms with Crippen molar-refractivity contribution in [2.24, 2.45) is 16.3 Å². The van der Waals surface area contributed by atoms with E-state index in [0.29, 0.717) is 24.3 Å². The van der Waals surface area contributed by atoms with Gasteiger partial charge in [-0.25, -0.2) is 0 Å². The van der Waals surface area contributed by atoms with Gasteiger partial charge < -0.3 is 9.47 Å². The summed E-state index contributed by atoms with van der Waals surface area (Å²) in [6.45, 7) is 6.56. The maximum atomic E-state index is 13.2. The summed E-state index contributed by atoms with van der Waals surface area (Å²) in [5.74, 6) is -1.24. The zero-order valence-corrected chi connectivity index (χ0v) is 18.6. The van der Waals surface area contributed by atoms with E-state index in [4.69, 9.17) is 14.5 Å². The number of thioether (sulfide) groups is 1. The maximum Gasteiger partial charge on any atom is 0.315 e. The Bertz CT molecular complexity index is 854. The number of nitrogens with zero attached hydrogens (tertiary/aromatic N) is 1. The quantitative estimate of drug-likeness (QED) is 0.391. The number of carbonyl (C=O) groups is 2. The van der Waals surface area contributed by atoms with Crippen LogP contribution < -0.4 is 0 Å². The van der Waals surface area contributed by atoms with Crippen LogP contribution in [0.25, 0.3) is 0 Å². The summed E-state index contributed by atoms with van der Waals surface area (Å²) in [4.78, 5) is 32.1. The second kappa shape index (κ2) is 8.84. The van der Waals surface area contributed by atoms with Crippen molar-refractivity contribution in [1.29, 1.82) is 0 Å². The van der Waals surface area contributed by atoms with Crippen molar-refractivity contribution in [2.75, 3.05) is 26.6 Å². The minimum Gasteiger partial charge on any atom is -0.463 e. The molecule has 0 aromatic heterocycles. The molecule has 0 saturated carbocycles. The zero-order valence-electron chi connectivity index (χ0n) is 17.8. The minimum absolute atomic E-state index is 0.0844. The lowest BCUT2D eigenvalue weighted by Gasteiger charge is -2.39. The molecule has 156 valence electrons. The van der Waals surface area contributed by atoms with Gasteiger partial charge in [-0.05, 0) is 42.7 Å². The number of aliphatic imine (C=N–C) groups is 1. The first-order valence-corrected chi connectivity index (χ1v) is 11.1. The van der Waals surface area contributed by atoms with Crippen molar-refractivity contribution < 1.29 is 19.1 Å². The van der Waals surface area contributed by atoms with Crippen LogP contribution in [0.5, 0.6) is 0 Å². The van der Waals surface area contributed by atoms with Gasteiger partial charge in [-0.3, -0.25) is 14.6 Å². The number of carbonyl (C=O) groups excluding carboxylic acids is 2. The van der Waals surface area contributed by atoms with Crippen molar-refractivity contribution in [3.8, 4) is 0 Å². The van der Waals surface area contributed by atoms with E-state index in [-0.39, 0.29) is 29.7 Å². The minimum atomic E-state index is -0.601. The molecule has 5 nitrogen and oxygen atoms in total. The number of hydrogen-bond acceptors (Lipinski definition) is 6. The van der Waals surface area contributed by atoms with Crippen molar-refractivity contribution in [2.45, 2.75) is 44.4 Å². The Morgan fingerprint density at radius 3 is 2.52 bits per heavy atom. The number of ether oxygens (including phenoxy) is 2. The van der Waals surface area contributed by atoms with Crippen LogP contribution in [0.15, 0.2) is 45.4 Å². The fourth-order valence-electron chi connectivity index (χ4n) is 4.24. The zero-order chi connectivity index (χ0) is 21.2. The largest absolute Gasteiger partial charge is 0.463 e. The molecule has 6 heteroatoms. The highest BCUT2D eigenvalue weighted by molar-refractivity contribution is 7.98. The van der Waals surface area contributed by atoms with Crippen LogP contribution >= 0.6 is 11.8 Å². The van der Waals surface area contributed by atoms with Gasteiger partial charge in [0.25, 0.3) is 0 Å². The Morgan fingerprint density at radius 1 is 1.21 bits per heavy atom. The molecule has 1 heterocycles. The van der Waals surface area contributed by atoms with E-state index < -0.39 is 5.92 Å². The first kappa shape index (κ1) is 21.8. The fraction of sp³-hybridized carbons (Fsp3) is 0.522. The van der Waals surface area contributed by atoms with E-state index in [1.807, 2.05) is 37.4 Å². The van der Waals surface area contributed by atoms with Gasteiger partial charge >= 0.3 is 5.97 Å². The summed E-state index contributed by atoms with van der Waals surface area (Å²) in [7, 11) is 1.57. The fourth-order valence-corrected chi connectivity index (χ4v) is 4.65. The molecule has 1 aromatic carbocycles. The van der Waals surface area contributed by atoms with Crippen molar-refractivity contribution in [1.82, 2.24) is 0 Å². The summed E-state index contributed by atoms with van der Waals surface area (Å²) in [6, 6.07) is 8.10. The summed E-state index contributed by atoms with van der Waals surface area (Å²) in [5, 5.41) is 0. The third-order valence-corrected chi connectivity index (χ3v) is 6.31. The van der Waals surface area contributed by atoms with Gasteiger partial charge in [0.15, 0.2) is 5.78 Å². The highest BCUT2D eigenvalue weighted by Crippen LogP contribution is 2.48. The van der Waals surface area contributed by atoms with Crippen LogP contribution in [-0.4, -0.2) is 44.0 Å². The summed E-state index contributed by atoms with van der Waals surface area (Å²) in [6.07, 6.45) is 3.22. The van der Waals surface area contributed by atoms with Gasteiger partial charge in [-0.2, -0.15) is 0 Å². The van der Waals surface area contributed by atoms with Crippen LogP contribution in [-0.2, 0) is 19.1 Å². The Kier molecular flexibility index (Phi) is 6.64. The lowest BCUT2D eigenvalue weighted by molar-refractivity contribution is -0.147. The predicted octanol–water partition coefficient (Wildman–Crippen LogP) is 4.42. The molecule has 2 atom stereocenters. The van der Waals surface area contributed by atoms with E-state index in [1.54, 1.807) is 18.9 Å². The molecular formula is C23H29NO4S. The van der Waals surface area contributed by atoms with Crippen LogP contribution in [0.3, 0.4) is 0 Å². The Balaban J connectivity index is 2.06. The third kappa shape index (κ3) is 4.64. The van der Waals surface area contributed by atoms with Crippen molar-refractivity contribution in [3.05, 3.63) is 41.1 Å². The summed E-state index contributed by atoms with van der Waals surface area (Å²) >= 11 is 1.66. The molecule has 1 aliphatic carbocycles. The molecular weight excluding hydrogens is 386 g/mol. The molecule has 0 N–H and O–H groups in total. The molecule has 2 aliphatic rings. The average Bonchev–Trinajstić information content (AvgIpc) is 2.66. The number of hydrogen-bond donors (Lipinski definition) is 0. The van der Waals surface area contributed by atoms with E-state index >= 15 is 0 Å². The van der Waals surface area contributed by atoms with E-state index in [9.17, 15) is 9.59 Å². The SMILES string of the molecule is COCCOC(=O)C1C(C)=NC2=C(C(=O)CC(C)(C)C2)[C@H]1c1ccc(SC)cc1. The highest BCUT2D eigenvalue weighted by Gasteiger charge is 2.45. The first-order valence-electron chi connectivity index (χ1n) is 9.88. The number of rotatable bonds is 6.